The van der Waals surface area contributed by atoms with Gasteiger partial charge in [0.25, 0.3) is 0 Å². The quantitative estimate of drug-likeness (QED) is 0.874. The molecule has 0 spiro atoms. The van der Waals surface area contributed by atoms with E-state index in [0.29, 0.717) is 6.61 Å². The number of nitrogens with one attached hydrogen (secondary N) is 1. The predicted octanol–water partition coefficient (Wildman–Crippen LogP) is 2.62. The van der Waals surface area contributed by atoms with Crippen LogP contribution in [0, 0.1) is 6.92 Å². The molecule has 1 fully saturated rings. The van der Waals surface area contributed by atoms with Crippen LogP contribution in [0.3, 0.4) is 0 Å². The second kappa shape index (κ2) is 4.56. The summed E-state index contributed by atoms with van der Waals surface area (Å²) in [6, 6.07) is 6.32. The lowest BCUT2D eigenvalue weighted by atomic mass is 9.86. The zero-order valence-corrected chi connectivity index (χ0v) is 12.0. The molecule has 0 bridgehead atoms. The van der Waals surface area contributed by atoms with Crippen LogP contribution in [-0.2, 0) is 10.3 Å². The van der Waals surface area contributed by atoms with Gasteiger partial charge in [-0.1, -0.05) is 12.1 Å². The van der Waals surface area contributed by atoms with Crippen LogP contribution in [-0.4, -0.2) is 25.9 Å². The first-order valence-electron chi connectivity index (χ1n) is 6.38. The van der Waals surface area contributed by atoms with Gasteiger partial charge in [0.05, 0.1) is 25.9 Å². The SMILES string of the molecule is COc1ccc(C2(C)COCC(C)(C)N2)cc1C. The van der Waals surface area contributed by atoms with Gasteiger partial charge in [0, 0.05) is 5.54 Å². The van der Waals surface area contributed by atoms with Crippen molar-refractivity contribution in [1.82, 2.24) is 5.32 Å². The van der Waals surface area contributed by atoms with Crippen molar-refractivity contribution < 1.29 is 9.47 Å². The molecular formula is C15H23NO2. The first-order chi connectivity index (χ1) is 8.36. The molecule has 1 saturated heterocycles. The Morgan fingerprint density at radius 1 is 1.22 bits per heavy atom. The molecule has 3 heteroatoms. The van der Waals surface area contributed by atoms with Crippen LogP contribution in [0.25, 0.3) is 0 Å². The van der Waals surface area contributed by atoms with Gasteiger partial charge in [-0.2, -0.15) is 0 Å². The van der Waals surface area contributed by atoms with Crippen molar-refractivity contribution in [2.75, 3.05) is 20.3 Å². The monoisotopic (exact) mass is 249 g/mol. The summed E-state index contributed by atoms with van der Waals surface area (Å²) in [6.45, 7) is 10.0. The molecular weight excluding hydrogens is 226 g/mol. The van der Waals surface area contributed by atoms with E-state index in [4.69, 9.17) is 9.47 Å². The molecule has 18 heavy (non-hydrogen) atoms. The summed E-state index contributed by atoms with van der Waals surface area (Å²) in [5, 5.41) is 3.68. The highest BCUT2D eigenvalue weighted by Crippen LogP contribution is 2.31. The number of benzene rings is 1. The lowest BCUT2D eigenvalue weighted by molar-refractivity contribution is -0.0264. The van der Waals surface area contributed by atoms with E-state index in [9.17, 15) is 0 Å². The summed E-state index contributed by atoms with van der Waals surface area (Å²) in [6.07, 6.45) is 0. The second-order valence-corrected chi connectivity index (χ2v) is 6.02. The third kappa shape index (κ3) is 2.52. The topological polar surface area (TPSA) is 30.5 Å². The standard InChI is InChI=1S/C15H23NO2/c1-11-8-12(6-7-13(11)17-5)15(4)10-18-9-14(2,3)16-15/h6-8,16H,9-10H2,1-5H3. The maximum Gasteiger partial charge on any atom is 0.121 e. The van der Waals surface area contributed by atoms with E-state index in [0.717, 1.165) is 17.9 Å². The Bertz CT molecular complexity index is 442. The number of aryl methyl sites for hydroxylation is 1. The zero-order chi connectivity index (χ0) is 13.4. The summed E-state index contributed by atoms with van der Waals surface area (Å²) < 4.78 is 11.1. The first-order valence-corrected chi connectivity index (χ1v) is 6.38. The third-order valence-corrected chi connectivity index (χ3v) is 3.50. The minimum absolute atomic E-state index is 0.000826. The molecule has 0 radical (unpaired) electrons. The molecule has 0 saturated carbocycles. The molecule has 1 aromatic rings. The Hall–Kier alpha value is -1.06. The van der Waals surface area contributed by atoms with Crippen LogP contribution in [0.5, 0.6) is 5.75 Å². The van der Waals surface area contributed by atoms with Gasteiger partial charge in [-0.3, -0.25) is 5.32 Å². The number of hydrogen-bond acceptors (Lipinski definition) is 3. The van der Waals surface area contributed by atoms with Crippen molar-refractivity contribution in [3.8, 4) is 5.75 Å². The molecule has 1 aliphatic rings. The fourth-order valence-electron chi connectivity index (χ4n) is 2.71. The largest absolute Gasteiger partial charge is 0.496 e. The van der Waals surface area contributed by atoms with Crippen LogP contribution in [0.1, 0.15) is 31.9 Å². The molecule has 1 aliphatic heterocycles. The lowest BCUT2D eigenvalue weighted by Crippen LogP contribution is -2.60. The van der Waals surface area contributed by atoms with Gasteiger partial charge in [-0.15, -0.1) is 0 Å². The third-order valence-electron chi connectivity index (χ3n) is 3.50. The van der Waals surface area contributed by atoms with E-state index in [1.807, 2.05) is 6.07 Å². The molecule has 3 nitrogen and oxygen atoms in total. The Kier molecular flexibility index (Phi) is 3.39. The van der Waals surface area contributed by atoms with Gasteiger partial charge >= 0.3 is 0 Å². The summed E-state index contributed by atoms with van der Waals surface area (Å²) in [5.74, 6) is 0.929. The van der Waals surface area contributed by atoms with Crippen LogP contribution in [0.4, 0.5) is 0 Å². The molecule has 1 unspecified atom stereocenters. The Morgan fingerprint density at radius 2 is 1.94 bits per heavy atom. The highest BCUT2D eigenvalue weighted by atomic mass is 16.5. The fourth-order valence-corrected chi connectivity index (χ4v) is 2.71. The molecule has 1 heterocycles. The van der Waals surface area contributed by atoms with E-state index in [-0.39, 0.29) is 11.1 Å². The van der Waals surface area contributed by atoms with Crippen molar-refractivity contribution in [3.63, 3.8) is 0 Å². The minimum Gasteiger partial charge on any atom is -0.496 e. The van der Waals surface area contributed by atoms with Gasteiger partial charge in [-0.05, 0) is 44.9 Å². The normalized spacial score (nSPS) is 26.9. The molecule has 1 N–H and O–H groups in total. The van der Waals surface area contributed by atoms with Gasteiger partial charge in [0.1, 0.15) is 5.75 Å². The highest BCUT2D eigenvalue weighted by molar-refractivity contribution is 5.39. The lowest BCUT2D eigenvalue weighted by Gasteiger charge is -2.44. The van der Waals surface area contributed by atoms with Gasteiger partial charge in [0.2, 0.25) is 0 Å². The van der Waals surface area contributed by atoms with Gasteiger partial charge < -0.3 is 9.47 Å². The molecule has 0 aromatic heterocycles. The summed E-state index contributed by atoms with van der Waals surface area (Å²) in [5.41, 5.74) is 2.26. The molecule has 100 valence electrons. The average Bonchev–Trinajstić information content (AvgIpc) is 2.27. The second-order valence-electron chi connectivity index (χ2n) is 6.02. The number of hydrogen-bond donors (Lipinski definition) is 1. The molecule has 0 aliphatic carbocycles. The van der Waals surface area contributed by atoms with Crippen molar-refractivity contribution >= 4 is 0 Å². The van der Waals surface area contributed by atoms with Crippen LogP contribution >= 0.6 is 0 Å². The number of morpholine rings is 1. The van der Waals surface area contributed by atoms with E-state index in [1.165, 1.54) is 5.56 Å². The Balaban J connectivity index is 2.32. The molecule has 1 atom stereocenters. The summed E-state index contributed by atoms with van der Waals surface area (Å²) >= 11 is 0. The van der Waals surface area contributed by atoms with Crippen LogP contribution in [0.15, 0.2) is 18.2 Å². The fraction of sp³-hybridized carbons (Fsp3) is 0.600. The van der Waals surface area contributed by atoms with Crippen molar-refractivity contribution in [3.05, 3.63) is 29.3 Å². The molecule has 0 amide bonds. The van der Waals surface area contributed by atoms with Crippen molar-refractivity contribution in [2.45, 2.75) is 38.8 Å². The Labute approximate surface area is 109 Å². The Morgan fingerprint density at radius 3 is 2.50 bits per heavy atom. The first kappa shape index (κ1) is 13.4. The van der Waals surface area contributed by atoms with E-state index >= 15 is 0 Å². The van der Waals surface area contributed by atoms with E-state index in [2.05, 4.69) is 45.1 Å². The number of methoxy groups -OCH3 is 1. The average molecular weight is 249 g/mol. The van der Waals surface area contributed by atoms with Crippen molar-refractivity contribution in [1.29, 1.82) is 0 Å². The smallest absolute Gasteiger partial charge is 0.121 e. The van der Waals surface area contributed by atoms with Crippen LogP contribution in [0.2, 0.25) is 0 Å². The number of ether oxygens (including phenoxy) is 2. The molecule has 2 rings (SSSR count). The van der Waals surface area contributed by atoms with Crippen LogP contribution < -0.4 is 10.1 Å². The van der Waals surface area contributed by atoms with Gasteiger partial charge in [0.15, 0.2) is 0 Å². The number of rotatable bonds is 2. The van der Waals surface area contributed by atoms with E-state index < -0.39 is 0 Å². The summed E-state index contributed by atoms with van der Waals surface area (Å²) in [7, 11) is 1.70. The molecule has 1 aromatic carbocycles. The van der Waals surface area contributed by atoms with Gasteiger partial charge in [-0.25, -0.2) is 0 Å². The maximum absolute atomic E-state index is 5.76. The van der Waals surface area contributed by atoms with E-state index in [1.54, 1.807) is 7.11 Å². The zero-order valence-electron chi connectivity index (χ0n) is 12.0. The minimum atomic E-state index is -0.140. The van der Waals surface area contributed by atoms with Crippen molar-refractivity contribution in [2.24, 2.45) is 0 Å². The predicted molar refractivity (Wildman–Crippen MR) is 73.1 cm³/mol. The highest BCUT2D eigenvalue weighted by Gasteiger charge is 2.37. The summed E-state index contributed by atoms with van der Waals surface area (Å²) in [4.78, 5) is 0. The maximum atomic E-state index is 5.76.